The van der Waals surface area contributed by atoms with Crippen LogP contribution in [-0.4, -0.2) is 4.98 Å². The van der Waals surface area contributed by atoms with E-state index in [4.69, 9.17) is 4.42 Å². The lowest BCUT2D eigenvalue weighted by Gasteiger charge is -2.07. The number of benzene rings is 2. The molecule has 3 rings (SSSR count). The van der Waals surface area contributed by atoms with Crippen molar-refractivity contribution < 1.29 is 17.6 Å². The van der Waals surface area contributed by atoms with Gasteiger partial charge in [0.05, 0.1) is 0 Å². The van der Waals surface area contributed by atoms with Crippen molar-refractivity contribution in [3.63, 3.8) is 0 Å². The molecular formula is C15H11F3N2O. The summed E-state index contributed by atoms with van der Waals surface area (Å²) in [5.41, 5.74) is 2.38. The molecule has 0 atom stereocenters. The first-order chi connectivity index (χ1) is 10.0. The summed E-state index contributed by atoms with van der Waals surface area (Å²) >= 11 is 0. The molecule has 0 saturated carbocycles. The molecule has 108 valence electrons. The van der Waals surface area contributed by atoms with Crippen molar-refractivity contribution in [2.45, 2.75) is 13.5 Å². The first-order valence-electron chi connectivity index (χ1n) is 6.27. The van der Waals surface area contributed by atoms with Gasteiger partial charge in [0.25, 0.3) is 0 Å². The van der Waals surface area contributed by atoms with Crippen molar-refractivity contribution in [3.8, 4) is 0 Å². The summed E-state index contributed by atoms with van der Waals surface area (Å²) in [4.78, 5) is 4.19. The molecule has 0 unspecified atom stereocenters. The van der Waals surface area contributed by atoms with Crippen molar-refractivity contribution in [1.29, 1.82) is 0 Å². The highest BCUT2D eigenvalue weighted by Crippen LogP contribution is 2.21. The molecule has 0 spiro atoms. The van der Waals surface area contributed by atoms with Gasteiger partial charge in [-0.1, -0.05) is 0 Å². The van der Waals surface area contributed by atoms with E-state index in [2.05, 4.69) is 10.3 Å². The molecule has 0 amide bonds. The molecule has 2 aromatic carbocycles. The first kappa shape index (κ1) is 13.5. The van der Waals surface area contributed by atoms with Crippen molar-refractivity contribution in [3.05, 3.63) is 59.2 Å². The van der Waals surface area contributed by atoms with Crippen molar-refractivity contribution >= 4 is 16.8 Å². The molecule has 0 aliphatic carbocycles. The molecule has 21 heavy (non-hydrogen) atoms. The largest absolute Gasteiger partial charge is 0.441 e. The second-order valence-electron chi connectivity index (χ2n) is 4.64. The van der Waals surface area contributed by atoms with Crippen LogP contribution in [0.25, 0.3) is 11.1 Å². The number of hydrogen-bond acceptors (Lipinski definition) is 3. The standard InChI is InChI=1S/C15H11F3N2O/c1-8-20-13-6-10(2-3-14(13)21-8)19-7-9-4-11(16)15(18)12(17)5-9/h2-6,19H,7H2,1H3. The molecule has 6 heteroatoms. The van der Waals surface area contributed by atoms with E-state index in [1.54, 1.807) is 25.1 Å². The zero-order valence-electron chi connectivity index (χ0n) is 11.1. The highest BCUT2D eigenvalue weighted by atomic mass is 19.2. The summed E-state index contributed by atoms with van der Waals surface area (Å²) in [6, 6.07) is 7.21. The van der Waals surface area contributed by atoms with E-state index in [0.29, 0.717) is 22.6 Å². The summed E-state index contributed by atoms with van der Waals surface area (Å²) in [7, 11) is 0. The fraction of sp³-hybridized carbons (Fsp3) is 0.133. The van der Waals surface area contributed by atoms with Crippen LogP contribution in [0.5, 0.6) is 0 Å². The summed E-state index contributed by atoms with van der Waals surface area (Å²) in [6.45, 7) is 1.91. The van der Waals surface area contributed by atoms with Crippen LogP contribution in [0.2, 0.25) is 0 Å². The number of anilines is 1. The van der Waals surface area contributed by atoms with Gasteiger partial charge in [0.2, 0.25) is 0 Å². The molecule has 0 fully saturated rings. The number of aryl methyl sites for hydroxylation is 1. The summed E-state index contributed by atoms with van der Waals surface area (Å²) in [6.07, 6.45) is 0. The van der Waals surface area contributed by atoms with E-state index >= 15 is 0 Å². The normalized spacial score (nSPS) is 11.0. The molecule has 0 radical (unpaired) electrons. The van der Waals surface area contributed by atoms with Gasteiger partial charge >= 0.3 is 0 Å². The quantitative estimate of drug-likeness (QED) is 0.736. The maximum Gasteiger partial charge on any atom is 0.194 e. The third-order valence-corrected chi connectivity index (χ3v) is 3.03. The molecule has 1 aromatic heterocycles. The molecule has 1 heterocycles. The van der Waals surface area contributed by atoms with Gasteiger partial charge in [0.15, 0.2) is 28.9 Å². The minimum absolute atomic E-state index is 0.163. The number of fused-ring (bicyclic) bond motifs is 1. The molecular weight excluding hydrogens is 281 g/mol. The van der Waals surface area contributed by atoms with Gasteiger partial charge in [-0.25, -0.2) is 18.2 Å². The molecule has 0 saturated heterocycles. The number of hydrogen-bond donors (Lipinski definition) is 1. The minimum atomic E-state index is -1.46. The second kappa shape index (κ2) is 5.12. The highest BCUT2D eigenvalue weighted by molar-refractivity contribution is 5.77. The molecule has 3 nitrogen and oxygen atoms in total. The number of rotatable bonds is 3. The van der Waals surface area contributed by atoms with Gasteiger partial charge in [-0.2, -0.15) is 0 Å². The number of halogens is 3. The van der Waals surface area contributed by atoms with Crippen LogP contribution in [0.1, 0.15) is 11.5 Å². The topological polar surface area (TPSA) is 38.1 Å². The zero-order valence-corrected chi connectivity index (χ0v) is 11.1. The Morgan fingerprint density at radius 2 is 1.81 bits per heavy atom. The predicted octanol–water partition coefficient (Wildman–Crippen LogP) is 4.17. The Labute approximate surface area is 118 Å². The van der Waals surface area contributed by atoms with Gasteiger partial charge in [0, 0.05) is 19.2 Å². The Morgan fingerprint density at radius 1 is 1.10 bits per heavy atom. The zero-order chi connectivity index (χ0) is 15.0. The fourth-order valence-corrected chi connectivity index (χ4v) is 2.07. The van der Waals surface area contributed by atoms with E-state index in [-0.39, 0.29) is 6.54 Å². The van der Waals surface area contributed by atoms with E-state index in [1.165, 1.54) is 0 Å². The number of nitrogens with zero attached hydrogens (tertiary/aromatic N) is 1. The van der Waals surface area contributed by atoms with Gasteiger partial charge in [-0.05, 0) is 35.9 Å². The van der Waals surface area contributed by atoms with Crippen LogP contribution in [0.15, 0.2) is 34.7 Å². The summed E-state index contributed by atoms with van der Waals surface area (Å²) in [5.74, 6) is -3.30. The van der Waals surface area contributed by atoms with Gasteiger partial charge in [-0.3, -0.25) is 0 Å². The fourth-order valence-electron chi connectivity index (χ4n) is 2.07. The number of oxazole rings is 1. The molecule has 0 aliphatic rings. The number of nitrogens with one attached hydrogen (secondary N) is 1. The average Bonchev–Trinajstić information content (AvgIpc) is 2.81. The lowest BCUT2D eigenvalue weighted by Crippen LogP contribution is -2.02. The van der Waals surface area contributed by atoms with Crippen LogP contribution < -0.4 is 5.32 Å². The van der Waals surface area contributed by atoms with Crippen LogP contribution in [0.3, 0.4) is 0 Å². The monoisotopic (exact) mass is 292 g/mol. The molecule has 3 aromatic rings. The van der Waals surface area contributed by atoms with E-state index in [1.807, 2.05) is 0 Å². The van der Waals surface area contributed by atoms with E-state index in [0.717, 1.165) is 17.8 Å². The molecule has 0 aliphatic heterocycles. The van der Waals surface area contributed by atoms with Crippen LogP contribution >= 0.6 is 0 Å². The maximum atomic E-state index is 13.1. The first-order valence-corrected chi connectivity index (χ1v) is 6.27. The SMILES string of the molecule is Cc1nc2cc(NCc3cc(F)c(F)c(F)c3)ccc2o1. The highest BCUT2D eigenvalue weighted by Gasteiger charge is 2.10. The second-order valence-corrected chi connectivity index (χ2v) is 4.64. The molecule has 0 bridgehead atoms. The maximum absolute atomic E-state index is 13.1. The van der Waals surface area contributed by atoms with Gasteiger partial charge in [-0.15, -0.1) is 0 Å². The van der Waals surface area contributed by atoms with Gasteiger partial charge < -0.3 is 9.73 Å². The third kappa shape index (κ3) is 2.69. The summed E-state index contributed by atoms with van der Waals surface area (Å²) < 4.78 is 44.4. The van der Waals surface area contributed by atoms with Crippen LogP contribution in [0.4, 0.5) is 18.9 Å². The summed E-state index contributed by atoms with van der Waals surface area (Å²) in [5, 5.41) is 3.00. The lowest BCUT2D eigenvalue weighted by molar-refractivity contribution is 0.445. The van der Waals surface area contributed by atoms with Crippen molar-refractivity contribution in [2.75, 3.05) is 5.32 Å². The lowest BCUT2D eigenvalue weighted by atomic mass is 10.2. The Morgan fingerprint density at radius 3 is 2.52 bits per heavy atom. The van der Waals surface area contributed by atoms with Gasteiger partial charge in [0.1, 0.15) is 5.52 Å². The molecule has 1 N–H and O–H groups in total. The average molecular weight is 292 g/mol. The Kier molecular flexibility index (Phi) is 3.29. The Hall–Kier alpha value is -2.50. The number of aromatic nitrogens is 1. The van der Waals surface area contributed by atoms with E-state index < -0.39 is 17.5 Å². The third-order valence-electron chi connectivity index (χ3n) is 3.03. The van der Waals surface area contributed by atoms with Crippen molar-refractivity contribution in [1.82, 2.24) is 4.98 Å². The van der Waals surface area contributed by atoms with Crippen LogP contribution in [-0.2, 0) is 6.54 Å². The minimum Gasteiger partial charge on any atom is -0.441 e. The van der Waals surface area contributed by atoms with Crippen LogP contribution in [0, 0.1) is 24.4 Å². The smallest absolute Gasteiger partial charge is 0.194 e. The van der Waals surface area contributed by atoms with Crippen molar-refractivity contribution in [2.24, 2.45) is 0 Å². The Bertz CT molecular complexity index is 791. The Balaban J connectivity index is 1.79. The predicted molar refractivity (Wildman–Crippen MR) is 72.4 cm³/mol. The van der Waals surface area contributed by atoms with E-state index in [9.17, 15) is 13.2 Å².